The smallest absolute Gasteiger partial charge is 0.322 e. The third-order valence-corrected chi connectivity index (χ3v) is 1.57. The van der Waals surface area contributed by atoms with Crippen molar-refractivity contribution in [3.63, 3.8) is 0 Å². The predicted octanol–water partition coefficient (Wildman–Crippen LogP) is 2.44. The summed E-state index contributed by atoms with van der Waals surface area (Å²) in [5.41, 5.74) is 0. The first-order valence-electron chi connectivity index (χ1n) is 2.99. The van der Waals surface area contributed by atoms with E-state index >= 15 is 0 Å². The fourth-order valence-corrected chi connectivity index (χ4v) is 0.788. The van der Waals surface area contributed by atoms with Gasteiger partial charge in [-0.2, -0.15) is 8.78 Å². The molecule has 0 saturated carbocycles. The van der Waals surface area contributed by atoms with Crippen LogP contribution < -0.4 is 0 Å². The second-order valence-corrected chi connectivity index (χ2v) is 6.12. The first kappa shape index (κ1) is 11.9. The number of hydrogen-bond acceptors (Lipinski definition) is 2. The van der Waals surface area contributed by atoms with E-state index in [0.717, 1.165) is 0 Å². The Bertz CT molecular complexity index is 188. The molecule has 0 unspecified atom stereocenters. The number of rotatable bonds is 4. The van der Waals surface area contributed by atoms with Gasteiger partial charge in [-0.05, 0) is 13.3 Å². The molecule has 0 spiro atoms. The first-order valence-corrected chi connectivity index (χ1v) is 5.78. The molecule has 0 aliphatic rings. The lowest BCUT2D eigenvalue weighted by Gasteiger charge is -2.16. The molecule has 0 atom stereocenters. The van der Waals surface area contributed by atoms with Crippen LogP contribution in [-0.4, -0.2) is 32.2 Å². The molecule has 0 rings (SSSR count). The largest absolute Gasteiger partial charge is 0.416 e. The van der Waals surface area contributed by atoms with Gasteiger partial charge in [-0.25, -0.2) is 8.78 Å². The van der Waals surface area contributed by atoms with E-state index in [-0.39, 0.29) is 0 Å². The van der Waals surface area contributed by atoms with Crippen molar-refractivity contribution in [3.05, 3.63) is 0 Å². The monoisotopic (exact) mass is 208 g/mol. The molecule has 0 fully saturated rings. The summed E-state index contributed by atoms with van der Waals surface area (Å²) in [6.45, 7) is 2.35. The molecular formula is C5H9F4O2P. The third-order valence-electron chi connectivity index (χ3n) is 0.822. The average molecular weight is 208 g/mol. The highest BCUT2D eigenvalue weighted by Gasteiger charge is 2.43. The number of ether oxygens (including phenoxy) is 1. The maximum Gasteiger partial charge on any atom is 0.416 e. The van der Waals surface area contributed by atoms with Crippen molar-refractivity contribution in [1.29, 1.82) is 0 Å². The van der Waals surface area contributed by atoms with Crippen molar-refractivity contribution >= 4 is 7.14 Å². The Balaban J connectivity index is 4.01. The molecule has 7 heteroatoms. The zero-order valence-corrected chi connectivity index (χ0v) is 7.45. The molecular weight excluding hydrogens is 199 g/mol. The van der Waals surface area contributed by atoms with E-state index < -0.39 is 26.0 Å². The zero-order valence-electron chi connectivity index (χ0n) is 6.56. The van der Waals surface area contributed by atoms with Crippen LogP contribution >= 0.6 is 7.14 Å². The molecule has 0 N–H and O–H groups in total. The van der Waals surface area contributed by atoms with Crippen LogP contribution in [0.2, 0.25) is 0 Å². The van der Waals surface area contributed by atoms with Gasteiger partial charge in [0.1, 0.15) is 13.5 Å². The van der Waals surface area contributed by atoms with E-state index in [0.29, 0.717) is 0 Å². The SMILES string of the molecule is CP(C)(=O)COC(F)(F)C(F)F. The topological polar surface area (TPSA) is 26.3 Å². The Morgan fingerprint density at radius 2 is 1.83 bits per heavy atom. The highest BCUT2D eigenvalue weighted by Crippen LogP contribution is 2.38. The Hall–Kier alpha value is -0.0900. The highest BCUT2D eigenvalue weighted by molar-refractivity contribution is 7.62. The quantitative estimate of drug-likeness (QED) is 0.523. The molecule has 0 heterocycles. The molecule has 0 radical (unpaired) electrons. The highest BCUT2D eigenvalue weighted by atomic mass is 31.2. The third kappa shape index (κ3) is 4.72. The maximum absolute atomic E-state index is 12.0. The fraction of sp³-hybridized carbons (Fsp3) is 1.00. The fourth-order valence-electron chi connectivity index (χ4n) is 0.305. The molecule has 0 bridgehead atoms. The van der Waals surface area contributed by atoms with Crippen LogP contribution in [0.15, 0.2) is 0 Å². The summed E-state index contributed by atoms with van der Waals surface area (Å²) in [6.07, 6.45) is -9.23. The molecule has 0 saturated heterocycles. The molecule has 0 aliphatic heterocycles. The number of alkyl halides is 4. The van der Waals surface area contributed by atoms with Gasteiger partial charge in [0.05, 0.1) is 0 Å². The van der Waals surface area contributed by atoms with Crippen LogP contribution in [0.4, 0.5) is 17.6 Å². The molecule has 0 amide bonds. The van der Waals surface area contributed by atoms with Gasteiger partial charge in [0.25, 0.3) is 0 Å². The van der Waals surface area contributed by atoms with E-state index in [4.69, 9.17) is 0 Å². The van der Waals surface area contributed by atoms with Gasteiger partial charge < -0.3 is 9.30 Å². The van der Waals surface area contributed by atoms with Crippen LogP contribution in [0.3, 0.4) is 0 Å². The van der Waals surface area contributed by atoms with Gasteiger partial charge in [0.15, 0.2) is 0 Å². The minimum atomic E-state index is -4.50. The van der Waals surface area contributed by atoms with Crippen LogP contribution in [0.5, 0.6) is 0 Å². The Morgan fingerprint density at radius 3 is 2.08 bits per heavy atom. The molecule has 0 aromatic rings. The molecule has 0 aromatic heterocycles. The number of halogens is 4. The van der Waals surface area contributed by atoms with Gasteiger partial charge in [-0.1, -0.05) is 0 Å². The summed E-state index contributed by atoms with van der Waals surface area (Å²) < 4.78 is 61.1. The van der Waals surface area contributed by atoms with Crippen LogP contribution in [0.1, 0.15) is 0 Å². The molecule has 74 valence electrons. The minimum Gasteiger partial charge on any atom is -0.322 e. The van der Waals surface area contributed by atoms with Gasteiger partial charge in [-0.3, -0.25) is 0 Å². The van der Waals surface area contributed by atoms with Gasteiger partial charge >= 0.3 is 12.5 Å². The Morgan fingerprint density at radius 1 is 1.42 bits per heavy atom. The van der Waals surface area contributed by atoms with E-state index in [9.17, 15) is 22.1 Å². The molecule has 0 aliphatic carbocycles. The van der Waals surface area contributed by atoms with Crippen LogP contribution in [0, 0.1) is 0 Å². The normalized spacial score (nSPS) is 13.9. The second-order valence-electron chi connectivity index (χ2n) is 2.71. The van der Waals surface area contributed by atoms with Crippen molar-refractivity contribution < 1.29 is 26.9 Å². The standard InChI is InChI=1S/C5H9F4O2P/c1-12(2,10)3-11-5(8,9)4(6)7/h4H,3H2,1-2H3. The lowest BCUT2D eigenvalue weighted by molar-refractivity contribution is -0.292. The summed E-state index contributed by atoms with van der Waals surface area (Å²) in [7, 11) is -2.84. The Kier molecular flexibility index (Phi) is 3.72. The van der Waals surface area contributed by atoms with E-state index in [1.807, 2.05) is 0 Å². The summed E-state index contributed by atoms with van der Waals surface area (Å²) in [5, 5.41) is 0. The van der Waals surface area contributed by atoms with Crippen LogP contribution in [-0.2, 0) is 9.30 Å². The van der Waals surface area contributed by atoms with Crippen molar-refractivity contribution in [2.75, 3.05) is 19.7 Å². The Labute approximate surface area is 67.3 Å². The van der Waals surface area contributed by atoms with E-state index in [1.165, 1.54) is 13.3 Å². The molecule has 0 aromatic carbocycles. The van der Waals surface area contributed by atoms with Crippen LogP contribution in [0.25, 0.3) is 0 Å². The minimum absolute atomic E-state index is 0.843. The van der Waals surface area contributed by atoms with Gasteiger partial charge in [0.2, 0.25) is 0 Å². The average Bonchev–Trinajstić information content (AvgIpc) is 1.82. The summed E-state index contributed by atoms with van der Waals surface area (Å²) >= 11 is 0. The van der Waals surface area contributed by atoms with Crippen molar-refractivity contribution in [1.82, 2.24) is 0 Å². The lowest BCUT2D eigenvalue weighted by atomic mass is 10.7. The first-order chi connectivity index (χ1) is 5.15. The van der Waals surface area contributed by atoms with E-state index in [1.54, 1.807) is 0 Å². The maximum atomic E-state index is 12.0. The van der Waals surface area contributed by atoms with Crippen molar-refractivity contribution in [2.45, 2.75) is 12.5 Å². The summed E-state index contributed by atoms with van der Waals surface area (Å²) in [4.78, 5) is 0. The zero-order chi connectivity index (χ0) is 9.99. The van der Waals surface area contributed by atoms with Gasteiger partial charge in [0, 0.05) is 0 Å². The van der Waals surface area contributed by atoms with Gasteiger partial charge in [-0.15, -0.1) is 0 Å². The van der Waals surface area contributed by atoms with Crippen molar-refractivity contribution in [3.8, 4) is 0 Å². The predicted molar refractivity (Wildman–Crippen MR) is 36.4 cm³/mol. The lowest BCUT2D eigenvalue weighted by Crippen LogP contribution is -2.30. The summed E-state index contributed by atoms with van der Waals surface area (Å²) in [6, 6.07) is 0. The number of hydrogen-bond donors (Lipinski definition) is 0. The second kappa shape index (κ2) is 3.75. The summed E-state index contributed by atoms with van der Waals surface area (Å²) in [5.74, 6) is 0. The molecule has 2 nitrogen and oxygen atoms in total. The van der Waals surface area contributed by atoms with E-state index in [2.05, 4.69) is 4.74 Å². The van der Waals surface area contributed by atoms with Crippen molar-refractivity contribution in [2.24, 2.45) is 0 Å². The molecule has 12 heavy (non-hydrogen) atoms.